The molecule has 26 heavy (non-hydrogen) atoms. The SMILES string of the molecule is CCCCN(C(=O)COc1ccc([N+](=O)[O-])c(C)c1)C1CCS(=O)(=O)C1. The van der Waals surface area contributed by atoms with Crippen LogP contribution in [0.3, 0.4) is 0 Å². The average Bonchev–Trinajstić information content (AvgIpc) is 2.92. The monoisotopic (exact) mass is 384 g/mol. The summed E-state index contributed by atoms with van der Waals surface area (Å²) >= 11 is 0. The third kappa shape index (κ3) is 5.17. The van der Waals surface area contributed by atoms with E-state index in [9.17, 15) is 23.3 Å². The number of aryl methyl sites for hydroxylation is 1. The summed E-state index contributed by atoms with van der Waals surface area (Å²) in [4.78, 5) is 24.6. The fourth-order valence-corrected chi connectivity index (χ4v) is 4.74. The van der Waals surface area contributed by atoms with E-state index in [0.29, 0.717) is 24.3 Å². The van der Waals surface area contributed by atoms with Gasteiger partial charge in [0, 0.05) is 24.2 Å². The molecule has 1 saturated heterocycles. The summed E-state index contributed by atoms with van der Waals surface area (Å²) in [6.07, 6.45) is 2.14. The highest BCUT2D eigenvalue weighted by Gasteiger charge is 2.34. The van der Waals surface area contributed by atoms with Gasteiger partial charge < -0.3 is 9.64 Å². The van der Waals surface area contributed by atoms with Gasteiger partial charge in [0.2, 0.25) is 0 Å². The molecule has 0 radical (unpaired) electrons. The van der Waals surface area contributed by atoms with Gasteiger partial charge in [0.1, 0.15) is 5.75 Å². The number of rotatable bonds is 8. The molecule has 1 aromatic carbocycles. The molecule has 9 heteroatoms. The van der Waals surface area contributed by atoms with Gasteiger partial charge in [-0.2, -0.15) is 0 Å². The second-order valence-electron chi connectivity index (χ2n) is 6.49. The number of sulfone groups is 1. The highest BCUT2D eigenvalue weighted by Crippen LogP contribution is 2.23. The molecule has 0 aromatic heterocycles. The van der Waals surface area contributed by atoms with Crippen molar-refractivity contribution >= 4 is 21.4 Å². The van der Waals surface area contributed by atoms with Crippen molar-refractivity contribution in [1.82, 2.24) is 4.90 Å². The number of ether oxygens (including phenoxy) is 1. The van der Waals surface area contributed by atoms with E-state index in [1.54, 1.807) is 11.8 Å². The average molecular weight is 384 g/mol. The minimum atomic E-state index is -3.08. The van der Waals surface area contributed by atoms with E-state index in [1.165, 1.54) is 18.2 Å². The number of hydrogen-bond donors (Lipinski definition) is 0. The molecule has 0 N–H and O–H groups in total. The second-order valence-corrected chi connectivity index (χ2v) is 8.72. The van der Waals surface area contributed by atoms with Crippen molar-refractivity contribution in [2.45, 2.75) is 39.2 Å². The van der Waals surface area contributed by atoms with Crippen LogP contribution in [0.5, 0.6) is 5.75 Å². The minimum absolute atomic E-state index is 0.000899. The maximum absolute atomic E-state index is 12.6. The predicted octanol–water partition coefficient (Wildman–Crippen LogP) is 2.10. The molecule has 8 nitrogen and oxygen atoms in total. The van der Waals surface area contributed by atoms with Crippen molar-refractivity contribution in [3.8, 4) is 5.75 Å². The van der Waals surface area contributed by atoms with Gasteiger partial charge in [0.05, 0.1) is 16.4 Å². The maximum atomic E-state index is 12.6. The summed E-state index contributed by atoms with van der Waals surface area (Å²) in [7, 11) is -3.08. The first-order valence-electron chi connectivity index (χ1n) is 8.61. The van der Waals surface area contributed by atoms with Crippen molar-refractivity contribution in [1.29, 1.82) is 0 Å². The molecule has 144 valence electrons. The molecule has 0 spiro atoms. The van der Waals surface area contributed by atoms with E-state index in [0.717, 1.165) is 12.8 Å². The Morgan fingerprint density at radius 2 is 2.15 bits per heavy atom. The lowest BCUT2D eigenvalue weighted by Gasteiger charge is -2.28. The lowest BCUT2D eigenvalue weighted by Crippen LogP contribution is -2.44. The van der Waals surface area contributed by atoms with E-state index < -0.39 is 14.8 Å². The molecule has 0 aliphatic carbocycles. The largest absolute Gasteiger partial charge is 0.484 e. The third-order valence-corrected chi connectivity index (χ3v) is 6.20. The first-order valence-corrected chi connectivity index (χ1v) is 10.4. The Bertz CT molecular complexity index is 777. The van der Waals surface area contributed by atoms with Crippen LogP contribution >= 0.6 is 0 Å². The Hall–Kier alpha value is -2.16. The standard InChI is InChI=1S/C17H24N2O6S/c1-3-4-8-18(14-7-9-26(23,24)12-14)17(20)11-25-15-5-6-16(19(21)22)13(2)10-15/h5-6,10,14H,3-4,7-9,11-12H2,1-2H3. The molecule has 2 rings (SSSR count). The molecule has 1 heterocycles. The Labute approximate surface area is 153 Å². The third-order valence-electron chi connectivity index (χ3n) is 4.45. The van der Waals surface area contributed by atoms with Gasteiger partial charge in [-0.05, 0) is 31.9 Å². The van der Waals surface area contributed by atoms with Gasteiger partial charge in [-0.1, -0.05) is 13.3 Å². The van der Waals surface area contributed by atoms with Crippen molar-refractivity contribution < 1.29 is 22.9 Å². The van der Waals surface area contributed by atoms with Gasteiger partial charge in [-0.25, -0.2) is 8.42 Å². The normalized spacial score (nSPS) is 18.5. The number of benzene rings is 1. The van der Waals surface area contributed by atoms with Crippen molar-refractivity contribution in [3.05, 3.63) is 33.9 Å². The molecular formula is C17H24N2O6S. The van der Waals surface area contributed by atoms with Crippen LogP contribution in [-0.2, 0) is 14.6 Å². The van der Waals surface area contributed by atoms with Gasteiger partial charge in [-0.15, -0.1) is 0 Å². The predicted molar refractivity (Wildman–Crippen MR) is 97.0 cm³/mol. The van der Waals surface area contributed by atoms with E-state index in [2.05, 4.69) is 0 Å². The van der Waals surface area contributed by atoms with Gasteiger partial charge in [0.15, 0.2) is 16.4 Å². The fourth-order valence-electron chi connectivity index (χ4n) is 3.01. The quantitative estimate of drug-likeness (QED) is 0.502. The zero-order valence-electron chi connectivity index (χ0n) is 15.0. The number of unbranched alkanes of at least 4 members (excludes halogenated alkanes) is 1. The van der Waals surface area contributed by atoms with Crippen LogP contribution in [0.2, 0.25) is 0 Å². The summed E-state index contributed by atoms with van der Waals surface area (Å²) in [5.74, 6) is 0.210. The fraction of sp³-hybridized carbons (Fsp3) is 0.588. The number of nitro benzene ring substituents is 1. The zero-order chi connectivity index (χ0) is 19.3. The number of amides is 1. The maximum Gasteiger partial charge on any atom is 0.272 e. The Kier molecular flexibility index (Phi) is 6.57. The van der Waals surface area contributed by atoms with Gasteiger partial charge in [0.25, 0.3) is 11.6 Å². The van der Waals surface area contributed by atoms with Crippen LogP contribution in [0, 0.1) is 17.0 Å². The van der Waals surface area contributed by atoms with Crippen LogP contribution in [0.4, 0.5) is 5.69 Å². The van der Waals surface area contributed by atoms with E-state index in [1.807, 2.05) is 6.92 Å². The summed E-state index contributed by atoms with van der Waals surface area (Å²) in [6.45, 7) is 3.88. The molecule has 1 aromatic rings. The molecule has 1 aliphatic rings. The molecule has 1 atom stereocenters. The summed E-state index contributed by atoms with van der Waals surface area (Å²) in [6, 6.07) is 4.01. The molecule has 0 saturated carbocycles. The van der Waals surface area contributed by atoms with Crippen LogP contribution in [0.1, 0.15) is 31.7 Å². The second kappa shape index (κ2) is 8.48. The Morgan fingerprint density at radius 1 is 1.42 bits per heavy atom. The number of nitrogens with zero attached hydrogens (tertiary/aromatic N) is 2. The Morgan fingerprint density at radius 3 is 2.69 bits per heavy atom. The number of carbonyl (C=O) groups is 1. The van der Waals surface area contributed by atoms with Crippen LogP contribution in [0.15, 0.2) is 18.2 Å². The molecule has 0 bridgehead atoms. The van der Waals surface area contributed by atoms with Gasteiger partial charge in [-0.3, -0.25) is 14.9 Å². The molecular weight excluding hydrogens is 360 g/mol. The van der Waals surface area contributed by atoms with Crippen LogP contribution in [-0.4, -0.2) is 54.8 Å². The molecule has 1 amide bonds. The summed E-state index contributed by atoms with van der Waals surface area (Å²) in [5, 5.41) is 10.8. The highest BCUT2D eigenvalue weighted by molar-refractivity contribution is 7.91. The van der Waals surface area contributed by atoms with Crippen molar-refractivity contribution in [2.24, 2.45) is 0 Å². The number of nitro groups is 1. The molecule has 1 aliphatic heterocycles. The summed E-state index contributed by atoms with van der Waals surface area (Å²) < 4.78 is 28.9. The first-order chi connectivity index (χ1) is 12.2. The lowest BCUT2D eigenvalue weighted by molar-refractivity contribution is -0.385. The zero-order valence-corrected chi connectivity index (χ0v) is 15.8. The van der Waals surface area contributed by atoms with E-state index in [-0.39, 0.29) is 35.7 Å². The van der Waals surface area contributed by atoms with Crippen LogP contribution < -0.4 is 4.74 Å². The van der Waals surface area contributed by atoms with Crippen LogP contribution in [0.25, 0.3) is 0 Å². The van der Waals surface area contributed by atoms with Crippen molar-refractivity contribution in [3.63, 3.8) is 0 Å². The number of carbonyl (C=O) groups excluding carboxylic acids is 1. The van der Waals surface area contributed by atoms with Crippen molar-refractivity contribution in [2.75, 3.05) is 24.7 Å². The number of hydrogen-bond acceptors (Lipinski definition) is 6. The van der Waals surface area contributed by atoms with E-state index >= 15 is 0 Å². The molecule has 1 fully saturated rings. The lowest BCUT2D eigenvalue weighted by atomic mass is 10.2. The van der Waals surface area contributed by atoms with Gasteiger partial charge >= 0.3 is 0 Å². The smallest absolute Gasteiger partial charge is 0.272 e. The Balaban J connectivity index is 2.02. The first kappa shape index (κ1) is 20.2. The minimum Gasteiger partial charge on any atom is -0.484 e. The topological polar surface area (TPSA) is 107 Å². The summed E-state index contributed by atoms with van der Waals surface area (Å²) in [5.41, 5.74) is 0.439. The molecule has 1 unspecified atom stereocenters. The van der Waals surface area contributed by atoms with E-state index in [4.69, 9.17) is 4.74 Å². The highest BCUT2D eigenvalue weighted by atomic mass is 32.2.